The van der Waals surface area contributed by atoms with Crippen LogP contribution in [0.5, 0.6) is 11.5 Å². The average Bonchev–Trinajstić information content (AvgIpc) is 2.41. The lowest BCUT2D eigenvalue weighted by atomic mass is 10.1. The van der Waals surface area contributed by atoms with Crippen LogP contribution in [-0.2, 0) is 6.18 Å². The van der Waals surface area contributed by atoms with Crippen molar-refractivity contribution in [2.45, 2.75) is 6.18 Å². The minimum absolute atomic E-state index is 0.0188. The molecule has 0 aliphatic carbocycles. The maximum atomic E-state index is 12.6. The van der Waals surface area contributed by atoms with Crippen LogP contribution in [-0.4, -0.2) is 0 Å². The molecule has 0 spiro atoms. The Kier molecular flexibility index (Phi) is 4.31. The van der Waals surface area contributed by atoms with E-state index in [1.165, 1.54) is 18.2 Å². The van der Waals surface area contributed by atoms with E-state index < -0.39 is 11.7 Å². The number of nitrogens with zero attached hydrogens (tertiary/aromatic N) is 1. The smallest absolute Gasteiger partial charge is 0.416 e. The van der Waals surface area contributed by atoms with Crippen LogP contribution in [0.1, 0.15) is 11.1 Å². The van der Waals surface area contributed by atoms with Crippen molar-refractivity contribution in [3.63, 3.8) is 0 Å². The van der Waals surface area contributed by atoms with Gasteiger partial charge in [0, 0.05) is 5.02 Å². The highest BCUT2D eigenvalue weighted by Crippen LogP contribution is 2.36. The fourth-order valence-corrected chi connectivity index (χ4v) is 2.01. The Hall–Kier alpha value is -1.90. The first-order valence-corrected chi connectivity index (χ1v) is 6.31. The highest BCUT2D eigenvalue weighted by molar-refractivity contribution is 6.35. The molecule has 0 bridgehead atoms. The summed E-state index contributed by atoms with van der Waals surface area (Å²) in [7, 11) is 0. The van der Waals surface area contributed by atoms with Gasteiger partial charge < -0.3 is 4.74 Å². The summed E-state index contributed by atoms with van der Waals surface area (Å²) in [6.07, 6.45) is -4.53. The number of ether oxygens (including phenoxy) is 1. The molecule has 0 atom stereocenters. The van der Waals surface area contributed by atoms with Crippen molar-refractivity contribution < 1.29 is 17.9 Å². The second-order valence-electron chi connectivity index (χ2n) is 4.00. The molecular formula is C14H6Cl2F3NO. The molecule has 0 aliphatic rings. The lowest BCUT2D eigenvalue weighted by molar-refractivity contribution is -0.137. The molecule has 0 amide bonds. The van der Waals surface area contributed by atoms with E-state index in [1.54, 1.807) is 6.07 Å². The minimum atomic E-state index is -4.53. The van der Waals surface area contributed by atoms with Gasteiger partial charge in [0.15, 0.2) is 0 Å². The predicted octanol–water partition coefficient (Wildman–Crippen LogP) is 5.68. The molecule has 0 aliphatic heterocycles. The summed E-state index contributed by atoms with van der Waals surface area (Å²) in [6, 6.07) is 8.70. The molecule has 2 aromatic rings. The van der Waals surface area contributed by atoms with E-state index in [0.717, 1.165) is 18.2 Å². The fourth-order valence-electron chi connectivity index (χ4n) is 1.56. The highest BCUT2D eigenvalue weighted by atomic mass is 35.5. The van der Waals surface area contributed by atoms with Gasteiger partial charge in [-0.3, -0.25) is 0 Å². The molecular weight excluding hydrogens is 326 g/mol. The lowest BCUT2D eigenvalue weighted by Gasteiger charge is -2.12. The summed E-state index contributed by atoms with van der Waals surface area (Å²) >= 11 is 11.6. The number of hydrogen-bond acceptors (Lipinski definition) is 2. The SMILES string of the molecule is N#Cc1cc(C(F)(F)F)ccc1Oc1ccc(Cl)cc1Cl. The standard InChI is InChI=1S/C14H6Cl2F3NO/c15-10-2-4-13(11(16)6-10)21-12-3-1-9(14(17,18)19)5-8(12)7-20/h1-6H. The van der Waals surface area contributed by atoms with Crippen molar-refractivity contribution in [2.24, 2.45) is 0 Å². The molecule has 0 saturated carbocycles. The molecule has 0 radical (unpaired) electrons. The summed E-state index contributed by atoms with van der Waals surface area (Å²) in [5.74, 6) is 0.173. The molecule has 7 heteroatoms. The Balaban J connectivity index is 2.39. The first-order valence-electron chi connectivity index (χ1n) is 5.55. The maximum absolute atomic E-state index is 12.6. The van der Waals surface area contributed by atoms with E-state index in [9.17, 15) is 13.2 Å². The molecule has 108 valence electrons. The minimum Gasteiger partial charge on any atom is -0.454 e. The van der Waals surface area contributed by atoms with E-state index in [1.807, 2.05) is 0 Å². The molecule has 0 fully saturated rings. The number of rotatable bonds is 2. The quantitative estimate of drug-likeness (QED) is 0.709. The van der Waals surface area contributed by atoms with Gasteiger partial charge >= 0.3 is 6.18 Å². The van der Waals surface area contributed by atoms with Crippen molar-refractivity contribution in [1.82, 2.24) is 0 Å². The van der Waals surface area contributed by atoms with Crippen LogP contribution in [0.25, 0.3) is 0 Å². The molecule has 0 unspecified atom stereocenters. The monoisotopic (exact) mass is 331 g/mol. The van der Waals surface area contributed by atoms with Crippen LogP contribution in [0, 0.1) is 11.3 Å². The predicted molar refractivity (Wildman–Crippen MR) is 72.7 cm³/mol. The topological polar surface area (TPSA) is 33.0 Å². The van der Waals surface area contributed by atoms with E-state index in [4.69, 9.17) is 33.2 Å². The zero-order valence-corrected chi connectivity index (χ0v) is 11.7. The Morgan fingerprint density at radius 3 is 2.24 bits per heavy atom. The van der Waals surface area contributed by atoms with Crippen LogP contribution < -0.4 is 4.74 Å². The van der Waals surface area contributed by atoms with Crippen molar-refractivity contribution in [2.75, 3.05) is 0 Å². The van der Waals surface area contributed by atoms with Crippen molar-refractivity contribution in [3.8, 4) is 17.6 Å². The largest absolute Gasteiger partial charge is 0.454 e. The lowest BCUT2D eigenvalue weighted by Crippen LogP contribution is -2.05. The molecule has 2 nitrogen and oxygen atoms in total. The first-order chi connectivity index (χ1) is 9.81. The van der Waals surface area contributed by atoms with Gasteiger partial charge in [-0.05, 0) is 36.4 Å². The third-order valence-corrected chi connectivity index (χ3v) is 3.07. The molecule has 0 saturated heterocycles. The van der Waals surface area contributed by atoms with Crippen LogP contribution >= 0.6 is 23.2 Å². The van der Waals surface area contributed by atoms with Gasteiger partial charge in [0.05, 0.1) is 16.1 Å². The zero-order chi connectivity index (χ0) is 15.6. The van der Waals surface area contributed by atoms with Crippen molar-refractivity contribution >= 4 is 23.2 Å². The van der Waals surface area contributed by atoms with Crippen LogP contribution in [0.3, 0.4) is 0 Å². The van der Waals surface area contributed by atoms with Crippen molar-refractivity contribution in [1.29, 1.82) is 5.26 Å². The zero-order valence-electron chi connectivity index (χ0n) is 10.2. The summed E-state index contributed by atoms with van der Waals surface area (Å²) in [4.78, 5) is 0. The Morgan fingerprint density at radius 2 is 1.67 bits per heavy atom. The van der Waals surface area contributed by atoms with Gasteiger partial charge in [-0.25, -0.2) is 0 Å². The number of nitriles is 1. The molecule has 0 aromatic heterocycles. The van der Waals surface area contributed by atoms with Gasteiger partial charge in [-0.15, -0.1) is 0 Å². The number of benzene rings is 2. The van der Waals surface area contributed by atoms with E-state index >= 15 is 0 Å². The third kappa shape index (κ3) is 3.60. The molecule has 2 aromatic carbocycles. The summed E-state index contributed by atoms with van der Waals surface area (Å²) < 4.78 is 43.1. The molecule has 21 heavy (non-hydrogen) atoms. The third-order valence-electron chi connectivity index (χ3n) is 2.54. The highest BCUT2D eigenvalue weighted by Gasteiger charge is 2.31. The van der Waals surface area contributed by atoms with Crippen LogP contribution in [0.4, 0.5) is 13.2 Å². The molecule has 2 rings (SSSR count). The Morgan fingerprint density at radius 1 is 1.00 bits per heavy atom. The number of halogens is 5. The average molecular weight is 332 g/mol. The second-order valence-corrected chi connectivity index (χ2v) is 4.84. The summed E-state index contributed by atoms with van der Waals surface area (Å²) in [6.45, 7) is 0. The number of hydrogen-bond donors (Lipinski definition) is 0. The van der Waals surface area contributed by atoms with Gasteiger partial charge in [0.2, 0.25) is 0 Å². The van der Waals surface area contributed by atoms with Crippen molar-refractivity contribution in [3.05, 3.63) is 57.6 Å². The Labute approximate surface area is 128 Å². The van der Waals surface area contributed by atoms with Gasteiger partial charge in [0.1, 0.15) is 17.6 Å². The van der Waals surface area contributed by atoms with Crippen LogP contribution in [0.15, 0.2) is 36.4 Å². The fraction of sp³-hybridized carbons (Fsp3) is 0.0714. The Bertz CT molecular complexity index is 723. The van der Waals surface area contributed by atoms with Gasteiger partial charge in [-0.1, -0.05) is 23.2 Å². The normalized spacial score (nSPS) is 11.0. The van der Waals surface area contributed by atoms with E-state index in [-0.39, 0.29) is 22.1 Å². The maximum Gasteiger partial charge on any atom is 0.416 e. The number of alkyl halides is 3. The molecule has 0 N–H and O–H groups in total. The second kappa shape index (κ2) is 5.84. The van der Waals surface area contributed by atoms with E-state index in [2.05, 4.69) is 0 Å². The summed E-state index contributed by atoms with van der Waals surface area (Å²) in [5, 5.41) is 9.52. The first kappa shape index (κ1) is 15.5. The van der Waals surface area contributed by atoms with Gasteiger partial charge in [0.25, 0.3) is 0 Å². The van der Waals surface area contributed by atoms with E-state index in [0.29, 0.717) is 5.02 Å². The molecule has 0 heterocycles. The summed E-state index contributed by atoms with van der Waals surface area (Å²) in [5.41, 5.74) is -1.16. The van der Waals surface area contributed by atoms with Crippen LogP contribution in [0.2, 0.25) is 10.0 Å². The van der Waals surface area contributed by atoms with Gasteiger partial charge in [-0.2, -0.15) is 18.4 Å².